The lowest BCUT2D eigenvalue weighted by molar-refractivity contribution is -0.115. The summed E-state index contributed by atoms with van der Waals surface area (Å²) in [6.45, 7) is 1.86. The number of aryl methyl sites for hydroxylation is 1. The molecule has 0 aliphatic rings. The van der Waals surface area contributed by atoms with Crippen LogP contribution in [0.4, 0.5) is 0 Å². The monoisotopic (exact) mass is 150 g/mol. The minimum absolute atomic E-state index is 0.530. The molecule has 0 saturated heterocycles. The molecular weight excluding hydrogens is 140 g/mol. The first-order valence-electron chi connectivity index (χ1n) is 3.44. The highest BCUT2D eigenvalue weighted by atomic mass is 16.3. The normalized spacial score (nSPS) is 12.5. The van der Waals surface area contributed by atoms with E-state index >= 15 is 0 Å². The molecule has 0 bridgehead atoms. The van der Waals surface area contributed by atoms with Crippen LogP contribution in [0, 0.1) is 6.92 Å². The molecule has 0 spiro atoms. The van der Waals surface area contributed by atoms with E-state index in [0.29, 0.717) is 11.8 Å². The summed E-state index contributed by atoms with van der Waals surface area (Å²) in [7, 11) is 0. The number of hydrogen-bond donors (Lipinski definition) is 1. The van der Waals surface area contributed by atoms with Crippen molar-refractivity contribution < 1.29 is 9.90 Å². The van der Waals surface area contributed by atoms with Crippen LogP contribution in [0.1, 0.15) is 17.2 Å². The molecule has 1 rings (SSSR count). The van der Waals surface area contributed by atoms with Crippen molar-refractivity contribution >= 4 is 6.29 Å². The van der Waals surface area contributed by atoms with Gasteiger partial charge in [0, 0.05) is 0 Å². The van der Waals surface area contributed by atoms with E-state index in [1.165, 1.54) is 0 Å². The number of aliphatic hydroxyl groups is 1. The summed E-state index contributed by atoms with van der Waals surface area (Å²) in [4.78, 5) is 10.2. The summed E-state index contributed by atoms with van der Waals surface area (Å²) in [5, 5.41) is 9.14. The van der Waals surface area contributed by atoms with Gasteiger partial charge in [-0.2, -0.15) is 0 Å². The van der Waals surface area contributed by atoms with Gasteiger partial charge in [0.05, 0.1) is 0 Å². The number of carbonyl (C=O) groups excluding carboxylic acids is 1. The van der Waals surface area contributed by atoms with Gasteiger partial charge in [0.2, 0.25) is 0 Å². The minimum Gasteiger partial charge on any atom is -0.381 e. The molecule has 0 heterocycles. The van der Waals surface area contributed by atoms with E-state index in [-0.39, 0.29) is 0 Å². The van der Waals surface area contributed by atoms with Crippen LogP contribution in [0.5, 0.6) is 0 Å². The quantitative estimate of drug-likeness (QED) is 0.644. The summed E-state index contributed by atoms with van der Waals surface area (Å²) >= 11 is 0. The van der Waals surface area contributed by atoms with Crippen LogP contribution in [0.2, 0.25) is 0 Å². The topological polar surface area (TPSA) is 37.3 Å². The van der Waals surface area contributed by atoms with Crippen molar-refractivity contribution in [2.24, 2.45) is 0 Å². The fourth-order valence-electron chi connectivity index (χ4n) is 0.992. The van der Waals surface area contributed by atoms with Crippen molar-refractivity contribution in [3.05, 3.63) is 35.4 Å². The van der Waals surface area contributed by atoms with Gasteiger partial charge in [-0.15, -0.1) is 0 Å². The Morgan fingerprint density at radius 2 is 2.09 bits per heavy atom. The van der Waals surface area contributed by atoms with Gasteiger partial charge in [0.25, 0.3) is 0 Å². The van der Waals surface area contributed by atoms with Crippen LogP contribution in [0.15, 0.2) is 24.3 Å². The maximum Gasteiger partial charge on any atom is 0.153 e. The summed E-state index contributed by atoms with van der Waals surface area (Å²) in [5.41, 5.74) is 1.62. The molecular formula is C9H10O2. The SMILES string of the molecule is Cc1ccccc1[C@@H](O)C=O. The molecule has 1 aromatic rings. The highest BCUT2D eigenvalue weighted by Crippen LogP contribution is 2.14. The Morgan fingerprint density at radius 3 is 2.64 bits per heavy atom. The van der Waals surface area contributed by atoms with Crippen LogP contribution in [-0.2, 0) is 4.79 Å². The molecule has 0 aliphatic heterocycles. The molecule has 2 heteroatoms. The fraction of sp³-hybridized carbons (Fsp3) is 0.222. The zero-order valence-corrected chi connectivity index (χ0v) is 6.32. The van der Waals surface area contributed by atoms with Crippen LogP contribution < -0.4 is 0 Å². The maximum absolute atomic E-state index is 10.2. The van der Waals surface area contributed by atoms with Gasteiger partial charge < -0.3 is 9.90 Å². The molecule has 2 nitrogen and oxygen atoms in total. The lowest BCUT2D eigenvalue weighted by Gasteiger charge is -2.05. The zero-order valence-electron chi connectivity index (χ0n) is 6.32. The molecule has 0 fully saturated rings. The van der Waals surface area contributed by atoms with Crippen molar-refractivity contribution in [2.75, 3.05) is 0 Å². The smallest absolute Gasteiger partial charge is 0.153 e. The second-order valence-corrected chi connectivity index (χ2v) is 2.44. The summed E-state index contributed by atoms with van der Waals surface area (Å²) in [6.07, 6.45) is -0.446. The molecule has 0 amide bonds. The predicted octanol–water partition coefficient (Wildman–Crippen LogP) is 1.23. The van der Waals surface area contributed by atoms with E-state index in [4.69, 9.17) is 5.11 Å². The molecule has 0 saturated carbocycles. The average molecular weight is 150 g/mol. The molecule has 0 aliphatic carbocycles. The lowest BCUT2D eigenvalue weighted by atomic mass is 10.1. The Morgan fingerprint density at radius 1 is 1.45 bits per heavy atom. The highest BCUT2D eigenvalue weighted by Gasteiger charge is 2.06. The van der Waals surface area contributed by atoms with Gasteiger partial charge in [-0.05, 0) is 18.1 Å². The third kappa shape index (κ3) is 1.65. The third-order valence-corrected chi connectivity index (χ3v) is 1.64. The number of benzene rings is 1. The molecule has 1 N–H and O–H groups in total. The van der Waals surface area contributed by atoms with Crippen molar-refractivity contribution in [1.29, 1.82) is 0 Å². The Bertz CT molecular complexity index is 255. The number of rotatable bonds is 2. The van der Waals surface area contributed by atoms with Crippen LogP contribution >= 0.6 is 0 Å². The first-order valence-corrected chi connectivity index (χ1v) is 3.44. The summed E-state index contributed by atoms with van der Waals surface area (Å²) < 4.78 is 0. The minimum atomic E-state index is -0.976. The second kappa shape index (κ2) is 3.30. The van der Waals surface area contributed by atoms with Crippen molar-refractivity contribution in [3.63, 3.8) is 0 Å². The van der Waals surface area contributed by atoms with E-state index in [1.807, 2.05) is 19.1 Å². The molecule has 0 aromatic heterocycles. The van der Waals surface area contributed by atoms with Crippen LogP contribution in [0.25, 0.3) is 0 Å². The maximum atomic E-state index is 10.2. The Balaban J connectivity index is 3.02. The van der Waals surface area contributed by atoms with E-state index in [2.05, 4.69) is 0 Å². The average Bonchev–Trinajstić information content (AvgIpc) is 2.04. The molecule has 11 heavy (non-hydrogen) atoms. The standard InChI is InChI=1S/C9H10O2/c1-7-4-2-3-5-8(7)9(11)6-10/h2-6,9,11H,1H3/t9-/m0/s1. The van der Waals surface area contributed by atoms with Gasteiger partial charge in [-0.3, -0.25) is 0 Å². The number of carbonyl (C=O) groups is 1. The molecule has 58 valence electrons. The van der Waals surface area contributed by atoms with E-state index in [9.17, 15) is 4.79 Å². The Labute approximate surface area is 65.5 Å². The fourth-order valence-corrected chi connectivity index (χ4v) is 0.992. The first kappa shape index (κ1) is 7.95. The van der Waals surface area contributed by atoms with Gasteiger partial charge >= 0.3 is 0 Å². The van der Waals surface area contributed by atoms with Gasteiger partial charge in [-0.1, -0.05) is 24.3 Å². The van der Waals surface area contributed by atoms with E-state index < -0.39 is 6.10 Å². The van der Waals surface area contributed by atoms with Crippen molar-refractivity contribution in [2.45, 2.75) is 13.0 Å². The van der Waals surface area contributed by atoms with Gasteiger partial charge in [0.15, 0.2) is 6.29 Å². The van der Waals surface area contributed by atoms with E-state index in [0.717, 1.165) is 5.56 Å². The number of hydrogen-bond acceptors (Lipinski definition) is 2. The van der Waals surface area contributed by atoms with Crippen molar-refractivity contribution in [1.82, 2.24) is 0 Å². The van der Waals surface area contributed by atoms with Crippen LogP contribution in [0.3, 0.4) is 0 Å². The highest BCUT2D eigenvalue weighted by molar-refractivity contribution is 5.60. The largest absolute Gasteiger partial charge is 0.381 e. The predicted molar refractivity (Wildman–Crippen MR) is 42.2 cm³/mol. The molecule has 0 unspecified atom stereocenters. The molecule has 1 aromatic carbocycles. The zero-order chi connectivity index (χ0) is 8.27. The van der Waals surface area contributed by atoms with E-state index in [1.54, 1.807) is 12.1 Å². The van der Waals surface area contributed by atoms with Gasteiger partial charge in [0.1, 0.15) is 6.10 Å². The Kier molecular flexibility index (Phi) is 2.39. The summed E-state index contributed by atoms with van der Waals surface area (Å²) in [5.74, 6) is 0. The summed E-state index contributed by atoms with van der Waals surface area (Å²) in [6, 6.07) is 7.28. The van der Waals surface area contributed by atoms with Crippen LogP contribution in [-0.4, -0.2) is 11.4 Å². The Hall–Kier alpha value is -1.15. The lowest BCUT2D eigenvalue weighted by Crippen LogP contribution is -1.99. The van der Waals surface area contributed by atoms with Crippen molar-refractivity contribution in [3.8, 4) is 0 Å². The third-order valence-electron chi connectivity index (χ3n) is 1.64. The second-order valence-electron chi connectivity index (χ2n) is 2.44. The molecule has 0 radical (unpaired) electrons. The molecule has 1 atom stereocenters. The number of aldehydes is 1. The number of aliphatic hydroxyl groups excluding tert-OH is 1. The van der Waals surface area contributed by atoms with Gasteiger partial charge in [-0.25, -0.2) is 0 Å². The first-order chi connectivity index (χ1) is 5.25.